The summed E-state index contributed by atoms with van der Waals surface area (Å²) in [6.45, 7) is 5.75. The molecule has 0 aliphatic carbocycles. The average Bonchev–Trinajstić information content (AvgIpc) is 2.49. The van der Waals surface area contributed by atoms with E-state index in [0.29, 0.717) is 12.2 Å². The van der Waals surface area contributed by atoms with Crippen molar-refractivity contribution in [1.82, 2.24) is 5.32 Å². The van der Waals surface area contributed by atoms with Gasteiger partial charge in [0.05, 0.1) is 6.67 Å². The predicted molar refractivity (Wildman–Crippen MR) is 82.8 cm³/mol. The van der Waals surface area contributed by atoms with Gasteiger partial charge in [0.25, 0.3) is 0 Å². The Morgan fingerprint density at radius 1 is 1.00 bits per heavy atom. The number of nitrogens with one attached hydrogen (secondary N) is 1. The fraction of sp³-hybridized carbons (Fsp3) is 0.118. The maximum absolute atomic E-state index is 11.7. The Morgan fingerprint density at radius 3 is 1.85 bits per heavy atom. The van der Waals surface area contributed by atoms with Crippen LogP contribution in [0, 0.1) is 0 Å². The van der Waals surface area contributed by atoms with Gasteiger partial charge in [-0.1, -0.05) is 43.0 Å². The van der Waals surface area contributed by atoms with Gasteiger partial charge in [0, 0.05) is 16.9 Å². The Labute approximate surface area is 119 Å². The van der Waals surface area contributed by atoms with Crippen LogP contribution in [-0.2, 0) is 4.79 Å². The molecule has 0 aromatic heterocycles. The van der Waals surface area contributed by atoms with Gasteiger partial charge in [-0.05, 0) is 31.2 Å². The lowest BCUT2D eigenvalue weighted by atomic mass is 10.2. The minimum Gasteiger partial charge on any atom is -0.334 e. The van der Waals surface area contributed by atoms with Crippen molar-refractivity contribution >= 4 is 17.3 Å². The highest BCUT2D eigenvalue weighted by molar-refractivity contribution is 5.92. The van der Waals surface area contributed by atoms with Crippen LogP contribution >= 0.6 is 0 Å². The lowest BCUT2D eigenvalue weighted by Gasteiger charge is -2.25. The van der Waals surface area contributed by atoms with E-state index >= 15 is 0 Å². The van der Waals surface area contributed by atoms with Crippen LogP contribution in [0.15, 0.2) is 72.8 Å². The molecule has 3 heteroatoms. The van der Waals surface area contributed by atoms with Crippen LogP contribution in [-0.4, -0.2) is 12.6 Å². The van der Waals surface area contributed by atoms with Crippen LogP contribution in [0.25, 0.3) is 0 Å². The minimum absolute atomic E-state index is 0.137. The molecule has 0 atom stereocenters. The standard InChI is InChI=1S/C17H18N2O/c1-14(2)17(20)18-13-19(15-9-5-3-6-10-15)16-11-7-4-8-12-16/h3-12H,1,13H2,2H3,(H,18,20). The second-order valence-corrected chi connectivity index (χ2v) is 4.54. The predicted octanol–water partition coefficient (Wildman–Crippen LogP) is 3.47. The topological polar surface area (TPSA) is 32.3 Å². The smallest absolute Gasteiger partial charge is 0.247 e. The normalized spacial score (nSPS) is 9.85. The summed E-state index contributed by atoms with van der Waals surface area (Å²) in [6, 6.07) is 19.9. The summed E-state index contributed by atoms with van der Waals surface area (Å²) < 4.78 is 0. The summed E-state index contributed by atoms with van der Waals surface area (Å²) >= 11 is 0. The van der Waals surface area contributed by atoms with Gasteiger partial charge in [-0.3, -0.25) is 4.79 Å². The lowest BCUT2D eigenvalue weighted by Crippen LogP contribution is -2.35. The molecule has 2 rings (SSSR count). The number of amides is 1. The van der Waals surface area contributed by atoms with E-state index in [4.69, 9.17) is 0 Å². The van der Waals surface area contributed by atoms with Crippen molar-refractivity contribution in [3.63, 3.8) is 0 Å². The van der Waals surface area contributed by atoms with E-state index in [-0.39, 0.29) is 5.91 Å². The largest absolute Gasteiger partial charge is 0.334 e. The molecule has 1 amide bonds. The van der Waals surface area contributed by atoms with Crippen molar-refractivity contribution < 1.29 is 4.79 Å². The molecule has 0 unspecified atom stereocenters. The first kappa shape index (κ1) is 13.9. The monoisotopic (exact) mass is 266 g/mol. The summed E-state index contributed by atoms with van der Waals surface area (Å²) in [5.74, 6) is -0.137. The van der Waals surface area contributed by atoms with Crippen LogP contribution in [0.3, 0.4) is 0 Å². The Bertz CT molecular complexity index is 539. The van der Waals surface area contributed by atoms with E-state index in [9.17, 15) is 4.79 Å². The van der Waals surface area contributed by atoms with Gasteiger partial charge < -0.3 is 10.2 Å². The fourth-order valence-electron chi connectivity index (χ4n) is 1.85. The molecule has 0 heterocycles. The molecule has 0 aliphatic rings. The number of anilines is 2. The zero-order valence-electron chi connectivity index (χ0n) is 11.5. The third-order valence-corrected chi connectivity index (χ3v) is 2.92. The number of rotatable bonds is 5. The summed E-state index contributed by atoms with van der Waals surface area (Å²) in [5, 5.41) is 2.87. The second kappa shape index (κ2) is 6.57. The van der Waals surface area contributed by atoms with Gasteiger partial charge in [0.2, 0.25) is 5.91 Å². The molecule has 20 heavy (non-hydrogen) atoms. The van der Waals surface area contributed by atoms with Gasteiger partial charge in [0.15, 0.2) is 0 Å². The zero-order valence-corrected chi connectivity index (χ0v) is 11.5. The highest BCUT2D eigenvalue weighted by atomic mass is 16.1. The highest BCUT2D eigenvalue weighted by Crippen LogP contribution is 2.23. The molecular formula is C17H18N2O. The highest BCUT2D eigenvalue weighted by Gasteiger charge is 2.10. The molecule has 1 N–H and O–H groups in total. The van der Waals surface area contributed by atoms with Crippen molar-refractivity contribution in [2.75, 3.05) is 11.6 Å². The molecule has 0 saturated carbocycles. The first-order valence-corrected chi connectivity index (χ1v) is 6.50. The first-order valence-electron chi connectivity index (χ1n) is 6.50. The third-order valence-electron chi connectivity index (χ3n) is 2.92. The van der Waals surface area contributed by atoms with E-state index in [2.05, 4.69) is 11.9 Å². The number of hydrogen-bond acceptors (Lipinski definition) is 2. The van der Waals surface area contributed by atoms with Crippen molar-refractivity contribution in [2.45, 2.75) is 6.92 Å². The molecule has 0 saturated heterocycles. The van der Waals surface area contributed by atoms with Crippen LogP contribution in [0.4, 0.5) is 11.4 Å². The van der Waals surface area contributed by atoms with E-state index in [1.807, 2.05) is 65.6 Å². The summed E-state index contributed by atoms with van der Waals surface area (Å²) in [7, 11) is 0. The molecule has 2 aromatic carbocycles. The van der Waals surface area contributed by atoms with Gasteiger partial charge in [-0.2, -0.15) is 0 Å². The van der Waals surface area contributed by atoms with E-state index in [1.165, 1.54) is 0 Å². The van der Waals surface area contributed by atoms with E-state index < -0.39 is 0 Å². The molecule has 0 aliphatic heterocycles. The molecule has 2 aromatic rings. The van der Waals surface area contributed by atoms with Crippen LogP contribution in [0.1, 0.15) is 6.92 Å². The number of carbonyl (C=O) groups excluding carboxylic acids is 1. The quantitative estimate of drug-likeness (QED) is 0.664. The summed E-state index contributed by atoms with van der Waals surface area (Å²) in [6.07, 6.45) is 0. The zero-order chi connectivity index (χ0) is 14.4. The van der Waals surface area contributed by atoms with Crippen LogP contribution in [0.5, 0.6) is 0 Å². The maximum Gasteiger partial charge on any atom is 0.247 e. The number of carbonyl (C=O) groups is 1. The minimum atomic E-state index is -0.137. The molecule has 102 valence electrons. The maximum atomic E-state index is 11.7. The number of nitrogens with zero attached hydrogens (tertiary/aromatic N) is 1. The molecule has 0 bridgehead atoms. The van der Waals surface area contributed by atoms with Gasteiger partial charge >= 0.3 is 0 Å². The number of para-hydroxylation sites is 2. The molecular weight excluding hydrogens is 248 g/mol. The Kier molecular flexibility index (Phi) is 4.56. The number of hydrogen-bond donors (Lipinski definition) is 1. The van der Waals surface area contributed by atoms with Crippen molar-refractivity contribution in [3.05, 3.63) is 72.8 Å². The lowest BCUT2D eigenvalue weighted by molar-refractivity contribution is -0.117. The molecule has 0 spiro atoms. The van der Waals surface area contributed by atoms with Crippen molar-refractivity contribution in [3.8, 4) is 0 Å². The van der Waals surface area contributed by atoms with Crippen molar-refractivity contribution in [1.29, 1.82) is 0 Å². The SMILES string of the molecule is C=C(C)C(=O)NCN(c1ccccc1)c1ccccc1. The fourth-order valence-corrected chi connectivity index (χ4v) is 1.85. The van der Waals surface area contributed by atoms with E-state index in [0.717, 1.165) is 11.4 Å². The Morgan fingerprint density at radius 2 is 1.45 bits per heavy atom. The molecule has 0 fully saturated rings. The summed E-state index contributed by atoms with van der Waals surface area (Å²) in [4.78, 5) is 13.7. The van der Waals surface area contributed by atoms with E-state index in [1.54, 1.807) is 6.92 Å². The van der Waals surface area contributed by atoms with Gasteiger partial charge in [-0.15, -0.1) is 0 Å². The molecule has 0 radical (unpaired) electrons. The van der Waals surface area contributed by atoms with Crippen LogP contribution < -0.4 is 10.2 Å². The van der Waals surface area contributed by atoms with Gasteiger partial charge in [0.1, 0.15) is 0 Å². The molecule has 3 nitrogen and oxygen atoms in total. The second-order valence-electron chi connectivity index (χ2n) is 4.54. The first-order chi connectivity index (χ1) is 9.68. The average molecular weight is 266 g/mol. The third kappa shape index (κ3) is 3.48. The summed E-state index contributed by atoms with van der Waals surface area (Å²) in [5.41, 5.74) is 2.56. The van der Waals surface area contributed by atoms with Crippen molar-refractivity contribution in [2.24, 2.45) is 0 Å². The Balaban J connectivity index is 2.22. The van der Waals surface area contributed by atoms with Gasteiger partial charge in [-0.25, -0.2) is 0 Å². The van der Waals surface area contributed by atoms with Crippen LogP contribution in [0.2, 0.25) is 0 Å². The Hall–Kier alpha value is -2.55. The number of benzene rings is 2.